The normalized spacial score (nSPS) is 19.5. The van der Waals surface area contributed by atoms with Gasteiger partial charge in [0.15, 0.2) is 0 Å². The summed E-state index contributed by atoms with van der Waals surface area (Å²) in [6.07, 6.45) is 11.6. The zero-order chi connectivity index (χ0) is 17.1. The van der Waals surface area contributed by atoms with Crippen molar-refractivity contribution in [2.75, 3.05) is 16.8 Å². The van der Waals surface area contributed by atoms with Crippen LogP contribution in [0.5, 0.6) is 0 Å². The van der Waals surface area contributed by atoms with Crippen LogP contribution in [-0.2, 0) is 6.42 Å². The minimum atomic E-state index is 0.389. The minimum Gasteiger partial charge on any atom is -0.370 e. The van der Waals surface area contributed by atoms with Crippen LogP contribution in [0.25, 0.3) is 0 Å². The molecule has 4 nitrogen and oxygen atoms in total. The fourth-order valence-electron chi connectivity index (χ4n) is 3.92. The first-order valence-corrected chi connectivity index (χ1v) is 9.43. The first kappa shape index (κ1) is 16.1. The van der Waals surface area contributed by atoms with Gasteiger partial charge in [0.2, 0.25) is 5.95 Å². The molecule has 2 heterocycles. The number of benzene rings is 1. The van der Waals surface area contributed by atoms with Crippen LogP contribution in [0.15, 0.2) is 48.2 Å². The van der Waals surface area contributed by atoms with E-state index < -0.39 is 0 Å². The van der Waals surface area contributed by atoms with Crippen molar-refractivity contribution in [1.29, 1.82) is 0 Å². The molecule has 0 fully saturated rings. The highest BCUT2D eigenvalue weighted by molar-refractivity contribution is 5.67. The summed E-state index contributed by atoms with van der Waals surface area (Å²) in [5, 5.41) is 3.48. The van der Waals surface area contributed by atoms with Gasteiger partial charge in [0, 0.05) is 24.5 Å². The molecule has 4 heteroatoms. The largest absolute Gasteiger partial charge is 0.370 e. The van der Waals surface area contributed by atoms with Gasteiger partial charge in [-0.05, 0) is 63.1 Å². The zero-order valence-corrected chi connectivity index (χ0v) is 14.9. The van der Waals surface area contributed by atoms with Crippen LogP contribution < -0.4 is 10.2 Å². The van der Waals surface area contributed by atoms with E-state index in [1.165, 1.54) is 36.9 Å². The van der Waals surface area contributed by atoms with Crippen molar-refractivity contribution < 1.29 is 0 Å². The molecule has 4 rings (SSSR count). The number of para-hydroxylation sites is 1. The number of nitrogens with zero attached hydrogens (tertiary/aromatic N) is 3. The van der Waals surface area contributed by atoms with Crippen molar-refractivity contribution in [2.24, 2.45) is 0 Å². The number of anilines is 3. The molecule has 1 atom stereocenters. The van der Waals surface area contributed by atoms with E-state index in [1.807, 2.05) is 12.3 Å². The highest BCUT2D eigenvalue weighted by Crippen LogP contribution is 2.36. The van der Waals surface area contributed by atoms with Crippen LogP contribution in [0.3, 0.4) is 0 Å². The summed E-state index contributed by atoms with van der Waals surface area (Å²) in [5.41, 5.74) is 4.20. The van der Waals surface area contributed by atoms with E-state index in [2.05, 4.69) is 52.5 Å². The van der Waals surface area contributed by atoms with Gasteiger partial charge >= 0.3 is 0 Å². The van der Waals surface area contributed by atoms with Crippen molar-refractivity contribution in [3.63, 3.8) is 0 Å². The predicted molar refractivity (Wildman–Crippen MR) is 103 cm³/mol. The van der Waals surface area contributed by atoms with Crippen LogP contribution in [0, 0.1) is 0 Å². The number of nitrogens with one attached hydrogen (secondary N) is 1. The fourth-order valence-corrected chi connectivity index (χ4v) is 3.92. The summed E-state index contributed by atoms with van der Waals surface area (Å²) in [5.74, 6) is 1.71. The van der Waals surface area contributed by atoms with E-state index in [9.17, 15) is 0 Å². The molecule has 2 aliphatic rings. The Hall–Kier alpha value is -2.36. The first-order chi connectivity index (χ1) is 12.3. The molecule has 1 aliphatic carbocycles. The van der Waals surface area contributed by atoms with Gasteiger partial charge in [-0.3, -0.25) is 0 Å². The molecular weight excluding hydrogens is 308 g/mol. The highest BCUT2D eigenvalue weighted by Gasteiger charge is 2.28. The predicted octanol–water partition coefficient (Wildman–Crippen LogP) is 4.86. The molecular formula is C21H26N4. The summed E-state index contributed by atoms with van der Waals surface area (Å²) >= 11 is 0. The molecule has 0 spiro atoms. The molecule has 1 N–H and O–H groups in total. The standard InChI is InChI=1S/C21H26N4/c1-16-15-18-9-5-6-10-19(18)25(16)21-23-14-12-20(24-21)22-13-11-17-7-3-2-4-8-17/h5-7,9-10,12,14,16H,2-4,8,11,13,15H2,1H3,(H,22,23,24). The van der Waals surface area contributed by atoms with Crippen molar-refractivity contribution in [3.05, 3.63) is 53.7 Å². The monoisotopic (exact) mass is 334 g/mol. The summed E-state index contributed by atoms with van der Waals surface area (Å²) < 4.78 is 0. The molecule has 0 bridgehead atoms. The van der Waals surface area contributed by atoms with Crippen molar-refractivity contribution in [3.8, 4) is 0 Å². The molecule has 0 radical (unpaired) electrons. The van der Waals surface area contributed by atoms with Crippen LogP contribution in [-0.4, -0.2) is 22.6 Å². The molecule has 0 saturated carbocycles. The lowest BCUT2D eigenvalue weighted by atomic mass is 9.97. The van der Waals surface area contributed by atoms with E-state index in [0.717, 1.165) is 31.2 Å². The Bertz CT molecular complexity index is 768. The van der Waals surface area contributed by atoms with Gasteiger partial charge in [0.1, 0.15) is 5.82 Å². The lowest BCUT2D eigenvalue weighted by Crippen LogP contribution is -2.26. The maximum absolute atomic E-state index is 4.77. The van der Waals surface area contributed by atoms with Crippen molar-refractivity contribution in [2.45, 2.75) is 51.5 Å². The van der Waals surface area contributed by atoms with Crippen LogP contribution in [0.4, 0.5) is 17.5 Å². The molecule has 1 aromatic carbocycles. The average Bonchev–Trinajstić information content (AvgIpc) is 2.98. The second kappa shape index (κ2) is 7.26. The van der Waals surface area contributed by atoms with Gasteiger partial charge in [-0.1, -0.05) is 29.8 Å². The van der Waals surface area contributed by atoms with Gasteiger partial charge in [0.25, 0.3) is 0 Å². The Morgan fingerprint density at radius 2 is 2.12 bits per heavy atom. The molecule has 0 saturated heterocycles. The van der Waals surface area contributed by atoms with Gasteiger partial charge < -0.3 is 10.2 Å². The number of aromatic nitrogens is 2. The Morgan fingerprint density at radius 3 is 3.00 bits per heavy atom. The molecule has 1 aromatic heterocycles. The number of hydrogen-bond acceptors (Lipinski definition) is 4. The van der Waals surface area contributed by atoms with Crippen LogP contribution in [0.1, 0.15) is 44.6 Å². The zero-order valence-electron chi connectivity index (χ0n) is 14.9. The third kappa shape index (κ3) is 3.53. The Kier molecular flexibility index (Phi) is 4.68. The maximum Gasteiger partial charge on any atom is 0.232 e. The van der Waals surface area contributed by atoms with Gasteiger partial charge in [-0.2, -0.15) is 4.98 Å². The van der Waals surface area contributed by atoms with E-state index in [-0.39, 0.29) is 0 Å². The smallest absolute Gasteiger partial charge is 0.232 e. The highest BCUT2D eigenvalue weighted by atomic mass is 15.3. The lowest BCUT2D eigenvalue weighted by Gasteiger charge is -2.23. The maximum atomic E-state index is 4.77. The summed E-state index contributed by atoms with van der Waals surface area (Å²) in [6.45, 7) is 3.17. The van der Waals surface area contributed by atoms with Gasteiger partial charge in [-0.25, -0.2) is 4.98 Å². The van der Waals surface area contributed by atoms with Crippen molar-refractivity contribution >= 4 is 17.5 Å². The first-order valence-electron chi connectivity index (χ1n) is 9.43. The third-order valence-corrected chi connectivity index (χ3v) is 5.20. The molecule has 25 heavy (non-hydrogen) atoms. The molecule has 130 valence electrons. The van der Waals surface area contributed by atoms with E-state index in [1.54, 1.807) is 5.57 Å². The number of rotatable bonds is 5. The second-order valence-corrected chi connectivity index (χ2v) is 7.08. The SMILES string of the molecule is CC1Cc2ccccc2N1c1nccc(NCCC2=CCCCC2)n1. The lowest BCUT2D eigenvalue weighted by molar-refractivity contribution is 0.679. The molecule has 2 aromatic rings. The number of allylic oxidation sites excluding steroid dienone is 1. The van der Waals surface area contributed by atoms with Crippen LogP contribution >= 0.6 is 0 Å². The van der Waals surface area contributed by atoms with Crippen LogP contribution in [0.2, 0.25) is 0 Å². The summed E-state index contributed by atoms with van der Waals surface area (Å²) in [4.78, 5) is 11.6. The number of fused-ring (bicyclic) bond motifs is 1. The Balaban J connectivity index is 1.45. The molecule has 1 unspecified atom stereocenters. The Morgan fingerprint density at radius 1 is 1.20 bits per heavy atom. The molecule has 1 aliphatic heterocycles. The average molecular weight is 334 g/mol. The van der Waals surface area contributed by atoms with E-state index in [4.69, 9.17) is 4.98 Å². The van der Waals surface area contributed by atoms with E-state index >= 15 is 0 Å². The van der Waals surface area contributed by atoms with E-state index in [0.29, 0.717) is 6.04 Å². The van der Waals surface area contributed by atoms with Gasteiger partial charge in [-0.15, -0.1) is 0 Å². The molecule has 0 amide bonds. The summed E-state index contributed by atoms with van der Waals surface area (Å²) in [6, 6.07) is 10.9. The third-order valence-electron chi connectivity index (χ3n) is 5.20. The fraction of sp³-hybridized carbons (Fsp3) is 0.429. The topological polar surface area (TPSA) is 41.1 Å². The summed E-state index contributed by atoms with van der Waals surface area (Å²) in [7, 11) is 0. The Labute approximate surface area is 150 Å². The van der Waals surface area contributed by atoms with Crippen molar-refractivity contribution in [1.82, 2.24) is 9.97 Å². The van der Waals surface area contributed by atoms with Gasteiger partial charge in [0.05, 0.1) is 0 Å². The number of hydrogen-bond donors (Lipinski definition) is 1. The minimum absolute atomic E-state index is 0.389. The quantitative estimate of drug-likeness (QED) is 0.793. The second-order valence-electron chi connectivity index (χ2n) is 7.08.